The average Bonchev–Trinajstić information content (AvgIpc) is 2.73. The molecule has 1 aromatic heterocycles. The van der Waals surface area contributed by atoms with E-state index in [1.165, 1.54) is 33.3 Å². The second-order valence-electron chi connectivity index (χ2n) is 4.96. The van der Waals surface area contributed by atoms with Crippen molar-refractivity contribution in [1.82, 2.24) is 4.98 Å². The summed E-state index contributed by atoms with van der Waals surface area (Å²) in [5, 5.41) is 1.30. The van der Waals surface area contributed by atoms with Gasteiger partial charge in [-0.05, 0) is 31.5 Å². The Morgan fingerprint density at radius 2 is 1.68 bits per heavy atom. The van der Waals surface area contributed by atoms with Crippen molar-refractivity contribution in [3.63, 3.8) is 0 Å². The molecule has 0 saturated heterocycles. The summed E-state index contributed by atoms with van der Waals surface area (Å²) in [5.74, 6) is 0. The van der Waals surface area contributed by atoms with E-state index in [0.717, 1.165) is 0 Å². The number of aromatic amines is 1. The third-order valence-corrected chi connectivity index (χ3v) is 3.43. The van der Waals surface area contributed by atoms with E-state index in [1.54, 1.807) is 0 Å². The molecule has 0 bridgehead atoms. The topological polar surface area (TPSA) is 15.8 Å². The molecule has 0 aliphatic heterocycles. The zero-order chi connectivity index (χ0) is 13.2. The largest absolute Gasteiger partial charge is 0.358 e. The van der Waals surface area contributed by atoms with Crippen LogP contribution >= 0.6 is 0 Å². The molecule has 0 aliphatic rings. The number of aryl methyl sites for hydroxylation is 2. The maximum Gasteiger partial charge on any atom is 0.0462 e. The van der Waals surface area contributed by atoms with Crippen LogP contribution < -0.4 is 0 Å². The van der Waals surface area contributed by atoms with Crippen LogP contribution in [0, 0.1) is 13.8 Å². The van der Waals surface area contributed by atoms with Gasteiger partial charge in [0.1, 0.15) is 0 Å². The molecule has 19 heavy (non-hydrogen) atoms. The van der Waals surface area contributed by atoms with E-state index in [1.807, 2.05) is 6.07 Å². The molecule has 1 N–H and O–H groups in total. The molecule has 0 radical (unpaired) electrons. The number of nitrogens with one attached hydrogen (secondary N) is 1. The zero-order valence-electron chi connectivity index (χ0n) is 11.3. The van der Waals surface area contributed by atoms with Crippen LogP contribution in [0.25, 0.3) is 23.1 Å². The Bertz CT molecular complexity index is 733. The summed E-state index contributed by atoms with van der Waals surface area (Å²) in [7, 11) is 0. The van der Waals surface area contributed by atoms with Crippen LogP contribution in [-0.4, -0.2) is 4.98 Å². The van der Waals surface area contributed by atoms with Gasteiger partial charge in [-0.3, -0.25) is 0 Å². The molecule has 0 saturated carbocycles. The molecule has 1 nitrogen and oxygen atoms in total. The first-order chi connectivity index (χ1) is 9.24. The smallest absolute Gasteiger partial charge is 0.0462 e. The fourth-order valence-electron chi connectivity index (χ4n) is 2.42. The van der Waals surface area contributed by atoms with E-state index < -0.39 is 0 Å². The molecule has 0 spiro atoms. The van der Waals surface area contributed by atoms with E-state index in [4.69, 9.17) is 0 Å². The van der Waals surface area contributed by atoms with Gasteiger partial charge in [-0.2, -0.15) is 0 Å². The highest BCUT2D eigenvalue weighted by Crippen LogP contribution is 2.25. The van der Waals surface area contributed by atoms with Crippen molar-refractivity contribution in [2.24, 2.45) is 0 Å². The van der Waals surface area contributed by atoms with E-state index >= 15 is 0 Å². The van der Waals surface area contributed by atoms with Gasteiger partial charge in [0.15, 0.2) is 0 Å². The van der Waals surface area contributed by atoms with E-state index in [-0.39, 0.29) is 0 Å². The first-order valence-electron chi connectivity index (χ1n) is 6.56. The van der Waals surface area contributed by atoms with Crippen LogP contribution in [0.2, 0.25) is 0 Å². The van der Waals surface area contributed by atoms with Gasteiger partial charge in [0.2, 0.25) is 0 Å². The highest BCUT2D eigenvalue weighted by atomic mass is 14.7. The van der Waals surface area contributed by atoms with Crippen molar-refractivity contribution in [2.45, 2.75) is 13.8 Å². The molecule has 0 amide bonds. The molecule has 1 heteroatoms. The fraction of sp³-hybridized carbons (Fsp3) is 0.111. The second kappa shape index (κ2) is 4.77. The highest BCUT2D eigenvalue weighted by Gasteiger charge is 2.05. The maximum atomic E-state index is 3.44. The Morgan fingerprint density at radius 3 is 2.47 bits per heavy atom. The lowest BCUT2D eigenvalue weighted by Crippen LogP contribution is -1.76. The van der Waals surface area contributed by atoms with Gasteiger partial charge in [-0.15, -0.1) is 0 Å². The highest BCUT2D eigenvalue weighted by molar-refractivity contribution is 5.93. The van der Waals surface area contributed by atoms with Crippen molar-refractivity contribution >= 4 is 23.1 Å². The lowest BCUT2D eigenvalue weighted by Gasteiger charge is -1.96. The summed E-state index contributed by atoms with van der Waals surface area (Å²) in [4.78, 5) is 3.44. The number of H-pyrrole nitrogens is 1. The summed E-state index contributed by atoms with van der Waals surface area (Å²) in [6, 6.07) is 16.9. The zero-order valence-corrected chi connectivity index (χ0v) is 11.3. The minimum atomic E-state index is 1.20. The first kappa shape index (κ1) is 11.8. The predicted molar refractivity (Wildman–Crippen MR) is 83.1 cm³/mol. The quantitative estimate of drug-likeness (QED) is 0.659. The van der Waals surface area contributed by atoms with Gasteiger partial charge in [0.25, 0.3) is 0 Å². The molecule has 3 aromatic rings. The van der Waals surface area contributed by atoms with Crippen LogP contribution in [0.3, 0.4) is 0 Å². The molecule has 2 aromatic carbocycles. The molecule has 0 fully saturated rings. The van der Waals surface area contributed by atoms with Gasteiger partial charge >= 0.3 is 0 Å². The van der Waals surface area contributed by atoms with Crippen LogP contribution in [0.4, 0.5) is 0 Å². The maximum absolute atomic E-state index is 3.44. The third kappa shape index (κ3) is 2.32. The van der Waals surface area contributed by atoms with E-state index in [0.29, 0.717) is 0 Å². The predicted octanol–water partition coefficient (Wildman–Crippen LogP) is 4.96. The number of fused-ring (bicyclic) bond motifs is 1. The van der Waals surface area contributed by atoms with E-state index in [9.17, 15) is 0 Å². The lowest BCUT2D eigenvalue weighted by molar-refractivity contribution is 1.29. The summed E-state index contributed by atoms with van der Waals surface area (Å²) in [6.45, 7) is 4.26. The second-order valence-corrected chi connectivity index (χ2v) is 4.96. The summed E-state index contributed by atoms with van der Waals surface area (Å²) < 4.78 is 0. The Labute approximate surface area is 113 Å². The minimum absolute atomic E-state index is 1.20. The Kier molecular flexibility index (Phi) is 2.96. The number of hydrogen-bond donors (Lipinski definition) is 1. The molecule has 94 valence electrons. The van der Waals surface area contributed by atoms with Gasteiger partial charge in [-0.1, -0.05) is 54.1 Å². The van der Waals surface area contributed by atoms with E-state index in [2.05, 4.69) is 73.4 Å². The summed E-state index contributed by atoms with van der Waals surface area (Å²) in [5.41, 5.74) is 6.22. The van der Waals surface area contributed by atoms with Gasteiger partial charge < -0.3 is 4.98 Å². The van der Waals surface area contributed by atoms with Crippen molar-refractivity contribution in [2.75, 3.05) is 0 Å². The van der Waals surface area contributed by atoms with Gasteiger partial charge in [-0.25, -0.2) is 0 Å². The number of hydrogen-bond acceptors (Lipinski definition) is 0. The van der Waals surface area contributed by atoms with Crippen molar-refractivity contribution in [1.29, 1.82) is 0 Å². The Morgan fingerprint density at radius 1 is 0.895 bits per heavy atom. The summed E-state index contributed by atoms with van der Waals surface area (Å²) in [6.07, 6.45) is 4.36. The van der Waals surface area contributed by atoms with Crippen molar-refractivity contribution in [3.05, 3.63) is 70.9 Å². The van der Waals surface area contributed by atoms with Crippen LogP contribution in [0.5, 0.6) is 0 Å². The molecule has 3 rings (SSSR count). The lowest BCUT2D eigenvalue weighted by atomic mass is 10.1. The fourth-order valence-corrected chi connectivity index (χ4v) is 2.42. The first-order valence-corrected chi connectivity index (χ1v) is 6.56. The standard InChI is InChI=1S/C18H17N/c1-13-8-11-18-17(12-13)16(14(2)19-18)10-9-15-6-4-3-5-7-15/h3-12,19H,1-2H3/b10-9+. The minimum Gasteiger partial charge on any atom is -0.358 e. The van der Waals surface area contributed by atoms with Crippen molar-refractivity contribution < 1.29 is 0 Å². The van der Waals surface area contributed by atoms with Crippen LogP contribution in [0.1, 0.15) is 22.4 Å². The molecule has 0 atom stereocenters. The van der Waals surface area contributed by atoms with Gasteiger partial charge in [0.05, 0.1) is 0 Å². The monoisotopic (exact) mass is 247 g/mol. The van der Waals surface area contributed by atoms with Crippen LogP contribution in [-0.2, 0) is 0 Å². The van der Waals surface area contributed by atoms with Crippen molar-refractivity contribution in [3.8, 4) is 0 Å². The Hall–Kier alpha value is -2.28. The molecule has 1 heterocycles. The SMILES string of the molecule is Cc1ccc2[nH]c(C)c(/C=C/c3ccccc3)c2c1. The summed E-state index contributed by atoms with van der Waals surface area (Å²) >= 11 is 0. The number of aromatic nitrogens is 1. The number of rotatable bonds is 2. The molecular formula is C18H17N. The third-order valence-electron chi connectivity index (χ3n) is 3.43. The Balaban J connectivity index is 2.07. The number of benzene rings is 2. The van der Waals surface area contributed by atoms with Crippen LogP contribution in [0.15, 0.2) is 48.5 Å². The van der Waals surface area contributed by atoms with Gasteiger partial charge in [0, 0.05) is 22.2 Å². The normalized spacial score (nSPS) is 11.5. The molecule has 0 unspecified atom stereocenters. The average molecular weight is 247 g/mol. The molecular weight excluding hydrogens is 230 g/mol. The molecule has 0 aliphatic carbocycles.